The molecule has 1 aliphatic carbocycles. The lowest BCUT2D eigenvalue weighted by Gasteiger charge is -2.41. The second-order valence-electron chi connectivity index (χ2n) is 10.0. The van der Waals surface area contributed by atoms with E-state index in [1.54, 1.807) is 35.2 Å². The zero-order chi connectivity index (χ0) is 30.4. The van der Waals surface area contributed by atoms with E-state index in [2.05, 4.69) is 5.32 Å². The Hall–Kier alpha value is -2.13. The van der Waals surface area contributed by atoms with Crippen molar-refractivity contribution in [2.45, 2.75) is 44.2 Å². The average molecular weight is 735 g/mol. The van der Waals surface area contributed by atoms with Gasteiger partial charge in [-0.15, -0.1) is 0 Å². The predicted molar refractivity (Wildman–Crippen MR) is 165 cm³/mol. The molecule has 0 bridgehead atoms. The van der Waals surface area contributed by atoms with Crippen LogP contribution in [0, 0.1) is 9.49 Å². The topological polar surface area (TPSA) is 138 Å². The van der Waals surface area contributed by atoms with Gasteiger partial charge in [0.25, 0.3) is 0 Å². The molecule has 4 rings (SSSR count). The Labute approximate surface area is 267 Å². The highest BCUT2D eigenvalue weighted by Gasteiger charge is 2.43. The number of benzene rings is 2. The van der Waals surface area contributed by atoms with E-state index in [1.807, 2.05) is 22.6 Å². The fourth-order valence-corrected chi connectivity index (χ4v) is 6.31. The molecule has 0 saturated carbocycles. The molecule has 2 aliphatic rings. The van der Waals surface area contributed by atoms with Gasteiger partial charge in [-0.05, 0) is 70.5 Å². The van der Waals surface area contributed by atoms with Crippen LogP contribution in [0.1, 0.15) is 24.0 Å². The summed E-state index contributed by atoms with van der Waals surface area (Å²) in [5, 5.41) is 34.1. The van der Waals surface area contributed by atoms with Crippen LogP contribution in [0.3, 0.4) is 0 Å². The lowest BCUT2D eigenvalue weighted by Crippen LogP contribution is -2.56. The van der Waals surface area contributed by atoms with Crippen LogP contribution in [0.5, 0.6) is 11.5 Å². The Morgan fingerprint density at radius 1 is 1.21 bits per heavy atom. The first-order valence-electron chi connectivity index (χ1n) is 13.4. The van der Waals surface area contributed by atoms with E-state index in [0.717, 1.165) is 0 Å². The number of hydrogen-bond donors (Lipinski definition) is 4. The molecule has 4 N–H and O–H groups in total. The number of methoxy groups -OCH3 is 1. The molecule has 0 aromatic heterocycles. The first kappa shape index (κ1) is 32.8. The first-order chi connectivity index (χ1) is 20.2. The van der Waals surface area contributed by atoms with Crippen molar-refractivity contribution < 1.29 is 39.1 Å². The number of carbonyl (C=O) groups is 2. The number of aliphatic hydroxyl groups excluding tert-OH is 3. The van der Waals surface area contributed by atoms with Crippen LogP contribution >= 0.6 is 45.8 Å². The molecule has 1 aliphatic heterocycles. The summed E-state index contributed by atoms with van der Waals surface area (Å²) in [5.74, 6) is -0.462. The number of nitrogens with one attached hydrogen (secondary N) is 1. The monoisotopic (exact) mass is 734 g/mol. The Balaban J connectivity index is 1.75. The maximum Gasteiger partial charge on any atom is 0.247 e. The third-order valence-corrected chi connectivity index (χ3v) is 8.65. The second-order valence-corrected chi connectivity index (χ2v) is 12.1. The van der Waals surface area contributed by atoms with Gasteiger partial charge in [0.15, 0.2) is 11.5 Å². The number of carbonyl (C=O) groups excluding carboxylic acids is 2. The molecule has 1 saturated heterocycles. The Morgan fingerprint density at radius 2 is 2.00 bits per heavy atom. The van der Waals surface area contributed by atoms with Crippen molar-refractivity contribution in [3.05, 3.63) is 66.7 Å². The van der Waals surface area contributed by atoms with Crippen LogP contribution in [0.25, 0.3) is 0 Å². The molecular weight excluding hydrogens is 702 g/mol. The van der Waals surface area contributed by atoms with Gasteiger partial charge in [0, 0.05) is 41.7 Å². The van der Waals surface area contributed by atoms with Crippen molar-refractivity contribution in [1.29, 1.82) is 0 Å². The van der Waals surface area contributed by atoms with Gasteiger partial charge in [-0.1, -0.05) is 29.3 Å². The number of hydrogen-bond acceptors (Lipinski definition) is 8. The van der Waals surface area contributed by atoms with Gasteiger partial charge in [0.05, 0.1) is 42.5 Å². The van der Waals surface area contributed by atoms with E-state index in [9.17, 15) is 24.9 Å². The number of halogens is 3. The first-order valence-corrected chi connectivity index (χ1v) is 15.2. The molecule has 1 fully saturated rings. The Kier molecular flexibility index (Phi) is 11.7. The minimum Gasteiger partial charge on any atom is -0.493 e. The molecule has 42 heavy (non-hydrogen) atoms. The molecule has 4 atom stereocenters. The largest absolute Gasteiger partial charge is 0.493 e. The fourth-order valence-electron chi connectivity index (χ4n) is 5.05. The number of rotatable bonds is 11. The predicted octanol–water partition coefficient (Wildman–Crippen LogP) is 3.08. The molecule has 13 heteroatoms. The van der Waals surface area contributed by atoms with Gasteiger partial charge in [-0.2, -0.15) is 0 Å². The second kappa shape index (κ2) is 15.0. The van der Waals surface area contributed by atoms with Gasteiger partial charge in [0.1, 0.15) is 12.2 Å². The summed E-state index contributed by atoms with van der Waals surface area (Å²) < 4.78 is 17.9. The van der Waals surface area contributed by atoms with E-state index in [0.29, 0.717) is 49.3 Å². The van der Waals surface area contributed by atoms with Gasteiger partial charge in [0.2, 0.25) is 11.8 Å². The van der Waals surface area contributed by atoms with Gasteiger partial charge < -0.3 is 39.7 Å². The summed E-state index contributed by atoms with van der Waals surface area (Å²) in [6, 6.07) is 7.45. The van der Waals surface area contributed by atoms with Crippen LogP contribution in [-0.2, 0) is 27.5 Å². The van der Waals surface area contributed by atoms with E-state index in [4.69, 9.17) is 37.4 Å². The minimum absolute atomic E-state index is 0.0283. The standard InChI is InChI=1S/C29H33Cl2IN2O8/c1-40-25-9-16(14-36)8-22(32)27(25)42-24-11-19(28(38)33-5-6-35)10-23(26(24)37)34(29(39)18-4-7-41-15-18)13-17-2-3-20(30)12-21(17)31/h2-3,8-9,11-12,18,23-24,26,35-37H,4-7,10,13-15H2,1H3,(H,33,38). The van der Waals surface area contributed by atoms with Gasteiger partial charge in [-0.3, -0.25) is 9.59 Å². The van der Waals surface area contributed by atoms with Crippen molar-refractivity contribution in [2.75, 3.05) is 33.5 Å². The molecular formula is C29H33Cl2IN2O8. The molecule has 4 unspecified atom stereocenters. The van der Waals surface area contributed by atoms with Crippen molar-refractivity contribution in [3.63, 3.8) is 0 Å². The summed E-state index contributed by atoms with van der Waals surface area (Å²) in [6.45, 7) is 0.327. The minimum atomic E-state index is -1.25. The van der Waals surface area contributed by atoms with E-state index < -0.39 is 30.1 Å². The number of amides is 2. The molecule has 0 radical (unpaired) electrons. The normalized spacial score (nSPS) is 21.9. The maximum atomic E-state index is 13.9. The summed E-state index contributed by atoms with van der Waals surface area (Å²) in [4.78, 5) is 28.6. The van der Waals surface area contributed by atoms with Crippen LogP contribution in [0.15, 0.2) is 42.0 Å². The van der Waals surface area contributed by atoms with Crippen LogP contribution in [0.2, 0.25) is 10.0 Å². The molecule has 2 amide bonds. The van der Waals surface area contributed by atoms with Crippen molar-refractivity contribution in [3.8, 4) is 11.5 Å². The average Bonchev–Trinajstić information content (AvgIpc) is 3.52. The van der Waals surface area contributed by atoms with Gasteiger partial charge >= 0.3 is 0 Å². The smallest absolute Gasteiger partial charge is 0.247 e. The summed E-state index contributed by atoms with van der Waals surface area (Å²) in [5.41, 5.74) is 1.52. The molecule has 1 heterocycles. The molecule has 228 valence electrons. The van der Waals surface area contributed by atoms with Crippen molar-refractivity contribution >= 4 is 57.6 Å². The zero-order valence-corrected chi connectivity index (χ0v) is 26.6. The van der Waals surface area contributed by atoms with Gasteiger partial charge in [-0.25, -0.2) is 0 Å². The lowest BCUT2D eigenvalue weighted by molar-refractivity contribution is -0.143. The fraction of sp³-hybridized carbons (Fsp3) is 0.448. The lowest BCUT2D eigenvalue weighted by atomic mass is 9.87. The highest BCUT2D eigenvalue weighted by Crippen LogP contribution is 2.38. The Bertz CT molecular complexity index is 1320. The number of ether oxygens (including phenoxy) is 3. The maximum absolute atomic E-state index is 13.9. The van der Waals surface area contributed by atoms with Crippen molar-refractivity contribution in [1.82, 2.24) is 10.2 Å². The molecule has 2 aromatic rings. The number of aliphatic hydroxyl groups is 3. The highest BCUT2D eigenvalue weighted by atomic mass is 127. The highest BCUT2D eigenvalue weighted by molar-refractivity contribution is 14.1. The Morgan fingerprint density at radius 3 is 2.64 bits per heavy atom. The quantitative estimate of drug-likeness (QED) is 0.259. The van der Waals surface area contributed by atoms with Crippen molar-refractivity contribution in [2.24, 2.45) is 5.92 Å². The number of nitrogens with zero attached hydrogens (tertiary/aromatic N) is 1. The third kappa shape index (κ3) is 7.68. The van der Waals surface area contributed by atoms with Crippen LogP contribution in [-0.4, -0.2) is 83.8 Å². The zero-order valence-electron chi connectivity index (χ0n) is 22.9. The molecule has 2 aromatic carbocycles. The van der Waals surface area contributed by atoms with E-state index in [1.165, 1.54) is 13.2 Å². The van der Waals surface area contributed by atoms with E-state index >= 15 is 0 Å². The van der Waals surface area contributed by atoms with Crippen LogP contribution in [0.4, 0.5) is 0 Å². The summed E-state index contributed by atoms with van der Waals surface area (Å²) in [6.07, 6.45) is -0.231. The van der Waals surface area contributed by atoms with Crippen LogP contribution < -0.4 is 14.8 Å². The summed E-state index contributed by atoms with van der Waals surface area (Å²) in [7, 11) is 1.46. The molecule has 0 spiro atoms. The third-order valence-electron chi connectivity index (χ3n) is 7.26. The molecule has 10 nitrogen and oxygen atoms in total. The van der Waals surface area contributed by atoms with E-state index in [-0.39, 0.29) is 50.8 Å². The summed E-state index contributed by atoms with van der Waals surface area (Å²) >= 11 is 14.6. The SMILES string of the molecule is COc1cc(CO)cc(I)c1OC1C=C(C(=O)NCCO)CC(N(Cc2ccc(Cl)cc2Cl)C(=O)C2CCOC2)C1O.